The van der Waals surface area contributed by atoms with Crippen LogP contribution in [0.15, 0.2) is 54.7 Å². The van der Waals surface area contributed by atoms with Crippen LogP contribution in [0.25, 0.3) is 22.0 Å². The Balaban J connectivity index is 1.40. The molecule has 0 radical (unpaired) electrons. The number of fused-ring (bicyclic) bond motifs is 1. The van der Waals surface area contributed by atoms with Crippen LogP contribution < -0.4 is 4.74 Å². The van der Waals surface area contributed by atoms with E-state index in [1.54, 1.807) is 11.9 Å². The number of amides is 2. The van der Waals surface area contributed by atoms with Gasteiger partial charge in [-0.2, -0.15) is 0 Å². The second-order valence-electron chi connectivity index (χ2n) is 7.61. The largest absolute Gasteiger partial charge is 0.490 e. The van der Waals surface area contributed by atoms with Gasteiger partial charge in [0.25, 0.3) is 0 Å². The molecule has 1 aliphatic rings. The monoisotopic (exact) mass is 405 g/mol. The number of pyridine rings is 1. The summed E-state index contributed by atoms with van der Waals surface area (Å²) in [5.41, 5.74) is 4.50. The highest BCUT2D eigenvalue weighted by atomic mass is 16.7. The fourth-order valence-electron chi connectivity index (χ4n) is 3.92. The molecule has 2 amide bonds. The second kappa shape index (κ2) is 8.71. The maximum atomic E-state index is 12.2. The fraction of sp³-hybridized carbons (Fsp3) is 0.333. The third-order valence-electron chi connectivity index (χ3n) is 5.77. The minimum atomic E-state index is -0.111. The van der Waals surface area contributed by atoms with Crippen LogP contribution in [0.2, 0.25) is 0 Å². The second-order valence-corrected chi connectivity index (χ2v) is 7.61. The Kier molecular flexibility index (Phi) is 5.86. The zero-order chi connectivity index (χ0) is 21.1. The van der Waals surface area contributed by atoms with Crippen molar-refractivity contribution in [2.75, 3.05) is 27.2 Å². The normalized spacial score (nSPS) is 14.7. The molecule has 3 aromatic rings. The van der Waals surface area contributed by atoms with E-state index in [1.165, 1.54) is 23.1 Å². The first-order valence-corrected chi connectivity index (χ1v) is 10.2. The zero-order valence-electron chi connectivity index (χ0n) is 17.7. The van der Waals surface area contributed by atoms with Gasteiger partial charge in [0.1, 0.15) is 11.9 Å². The molecule has 2 aromatic carbocycles. The average Bonchev–Trinajstić information content (AvgIpc) is 2.80. The summed E-state index contributed by atoms with van der Waals surface area (Å²) in [4.78, 5) is 23.5. The van der Waals surface area contributed by atoms with Gasteiger partial charge in [0.05, 0.1) is 12.6 Å². The van der Waals surface area contributed by atoms with Gasteiger partial charge in [-0.3, -0.25) is 9.82 Å². The molecular formula is C24H27N3O3. The summed E-state index contributed by atoms with van der Waals surface area (Å²) in [6, 6.07) is 16.3. The Morgan fingerprint density at radius 2 is 1.80 bits per heavy atom. The first kappa shape index (κ1) is 20.2. The Morgan fingerprint density at radius 1 is 1.10 bits per heavy atom. The van der Waals surface area contributed by atoms with Crippen molar-refractivity contribution < 1.29 is 14.4 Å². The summed E-state index contributed by atoms with van der Waals surface area (Å²) >= 11 is 0. The van der Waals surface area contributed by atoms with E-state index in [1.807, 2.05) is 36.5 Å². The molecule has 0 N–H and O–H groups in total. The van der Waals surface area contributed by atoms with Crippen molar-refractivity contribution in [1.82, 2.24) is 14.9 Å². The minimum Gasteiger partial charge on any atom is -0.490 e. The molecular weight excluding hydrogens is 378 g/mol. The lowest BCUT2D eigenvalue weighted by molar-refractivity contribution is -0.0786. The van der Waals surface area contributed by atoms with Gasteiger partial charge < -0.3 is 9.64 Å². The van der Waals surface area contributed by atoms with Gasteiger partial charge in [0.2, 0.25) is 0 Å². The number of hydrogen-bond acceptors (Lipinski definition) is 4. The van der Waals surface area contributed by atoms with Gasteiger partial charge in [0.15, 0.2) is 0 Å². The number of urea groups is 1. The van der Waals surface area contributed by atoms with Crippen molar-refractivity contribution in [1.29, 1.82) is 0 Å². The van der Waals surface area contributed by atoms with Crippen molar-refractivity contribution in [3.05, 3.63) is 60.3 Å². The van der Waals surface area contributed by atoms with Crippen LogP contribution in [0.3, 0.4) is 0 Å². The molecule has 0 atom stereocenters. The Labute approximate surface area is 177 Å². The van der Waals surface area contributed by atoms with Crippen molar-refractivity contribution in [3.63, 3.8) is 0 Å². The van der Waals surface area contributed by atoms with Crippen LogP contribution in [0.4, 0.5) is 4.79 Å². The van der Waals surface area contributed by atoms with E-state index in [0.717, 1.165) is 35.2 Å². The van der Waals surface area contributed by atoms with Gasteiger partial charge in [-0.15, -0.1) is 0 Å². The van der Waals surface area contributed by atoms with Gasteiger partial charge in [-0.1, -0.05) is 30.3 Å². The molecule has 1 fully saturated rings. The minimum absolute atomic E-state index is 0.108. The smallest absolute Gasteiger partial charge is 0.343 e. The van der Waals surface area contributed by atoms with Gasteiger partial charge in [0, 0.05) is 50.1 Å². The van der Waals surface area contributed by atoms with Crippen molar-refractivity contribution in [3.8, 4) is 16.9 Å². The zero-order valence-corrected chi connectivity index (χ0v) is 17.7. The molecule has 0 saturated carbocycles. The molecule has 6 heteroatoms. The van der Waals surface area contributed by atoms with Crippen molar-refractivity contribution >= 4 is 16.9 Å². The summed E-state index contributed by atoms with van der Waals surface area (Å²) in [7, 11) is 3.12. The summed E-state index contributed by atoms with van der Waals surface area (Å²) in [6.07, 6.45) is 3.66. The van der Waals surface area contributed by atoms with Gasteiger partial charge in [-0.25, -0.2) is 9.86 Å². The molecule has 0 spiro atoms. The topological polar surface area (TPSA) is 54.9 Å². The summed E-state index contributed by atoms with van der Waals surface area (Å²) in [6.45, 7) is 3.47. The number of nitrogens with zero attached hydrogens (tertiary/aromatic N) is 3. The molecule has 2 heterocycles. The number of aryl methyl sites for hydroxylation is 1. The predicted octanol–water partition coefficient (Wildman–Crippen LogP) is 4.67. The number of aromatic nitrogens is 1. The van der Waals surface area contributed by atoms with Gasteiger partial charge >= 0.3 is 6.03 Å². The molecule has 30 heavy (non-hydrogen) atoms. The van der Waals surface area contributed by atoms with Gasteiger partial charge in [-0.05, 0) is 36.2 Å². The van der Waals surface area contributed by atoms with Crippen molar-refractivity contribution in [2.24, 2.45) is 0 Å². The lowest BCUT2D eigenvalue weighted by Gasteiger charge is -2.33. The Bertz CT molecular complexity index is 1030. The predicted molar refractivity (Wildman–Crippen MR) is 117 cm³/mol. The number of rotatable bonds is 4. The number of carbonyl (C=O) groups is 1. The van der Waals surface area contributed by atoms with Crippen LogP contribution in [0.1, 0.15) is 18.4 Å². The molecule has 156 valence electrons. The van der Waals surface area contributed by atoms with E-state index in [4.69, 9.17) is 9.57 Å². The van der Waals surface area contributed by atoms with E-state index in [-0.39, 0.29) is 12.1 Å². The highest BCUT2D eigenvalue weighted by Gasteiger charge is 2.26. The molecule has 0 aliphatic carbocycles. The molecule has 1 aliphatic heterocycles. The number of para-hydroxylation sites is 1. The van der Waals surface area contributed by atoms with E-state index in [9.17, 15) is 4.79 Å². The quantitative estimate of drug-likeness (QED) is 0.592. The number of hydroxylamine groups is 2. The molecule has 0 unspecified atom stereocenters. The summed E-state index contributed by atoms with van der Waals surface area (Å²) < 4.78 is 6.16. The van der Waals surface area contributed by atoms with Crippen LogP contribution in [-0.2, 0) is 4.84 Å². The highest BCUT2D eigenvalue weighted by molar-refractivity contribution is 5.88. The molecule has 0 bridgehead atoms. The number of benzene rings is 2. The first-order valence-electron chi connectivity index (χ1n) is 10.2. The maximum absolute atomic E-state index is 12.2. The number of piperidine rings is 1. The molecule has 4 rings (SSSR count). The average molecular weight is 405 g/mol. The number of carbonyl (C=O) groups excluding carboxylic acids is 1. The van der Waals surface area contributed by atoms with E-state index < -0.39 is 0 Å². The van der Waals surface area contributed by atoms with E-state index in [2.05, 4.69) is 30.1 Å². The van der Waals surface area contributed by atoms with Crippen LogP contribution >= 0.6 is 0 Å². The number of likely N-dealkylation sites (tertiary alicyclic amines) is 1. The maximum Gasteiger partial charge on any atom is 0.343 e. The molecule has 6 nitrogen and oxygen atoms in total. The number of ether oxygens (including phenoxy) is 1. The molecule has 1 saturated heterocycles. The fourth-order valence-corrected chi connectivity index (χ4v) is 3.92. The third-order valence-corrected chi connectivity index (χ3v) is 5.77. The third kappa shape index (κ3) is 4.09. The lowest BCUT2D eigenvalue weighted by atomic mass is 9.99. The van der Waals surface area contributed by atoms with Crippen LogP contribution in [-0.4, -0.2) is 54.3 Å². The standard InChI is InChI=1S/C24H27N3O3/c1-17-21-6-4-5-7-23(21)25-16-22(17)18-8-10-19(11-9-18)30-20-12-14-27(15-13-20)24(28)26(2)29-3/h4-11,16,20H,12-15H2,1-3H3. The lowest BCUT2D eigenvalue weighted by Crippen LogP contribution is -2.46. The number of hydrogen-bond donors (Lipinski definition) is 0. The SMILES string of the molecule is CON(C)C(=O)N1CCC(Oc2ccc(-c3cnc4ccccc4c3C)cc2)CC1. The van der Waals surface area contributed by atoms with Crippen LogP contribution in [0, 0.1) is 6.92 Å². The van der Waals surface area contributed by atoms with Crippen molar-refractivity contribution in [2.45, 2.75) is 25.9 Å². The summed E-state index contributed by atoms with van der Waals surface area (Å²) in [5, 5.41) is 2.43. The van der Waals surface area contributed by atoms with E-state index in [0.29, 0.717) is 13.1 Å². The Hall–Kier alpha value is -3.12. The van der Waals surface area contributed by atoms with E-state index >= 15 is 0 Å². The molecule has 1 aromatic heterocycles. The summed E-state index contributed by atoms with van der Waals surface area (Å²) in [5.74, 6) is 0.851. The Morgan fingerprint density at radius 3 is 2.50 bits per heavy atom. The first-order chi connectivity index (χ1) is 14.6. The van der Waals surface area contributed by atoms with Crippen LogP contribution in [0.5, 0.6) is 5.75 Å². The highest BCUT2D eigenvalue weighted by Crippen LogP contribution is 2.30.